The molecule has 0 aliphatic carbocycles. The quantitative estimate of drug-likeness (QED) is 0.423. The van der Waals surface area contributed by atoms with Gasteiger partial charge in [0.2, 0.25) is 5.91 Å². The molecule has 6 heteroatoms. The third-order valence-electron chi connectivity index (χ3n) is 7.03. The third-order valence-corrected chi connectivity index (χ3v) is 7.29. The molecule has 4 aromatic rings. The van der Waals surface area contributed by atoms with Crippen LogP contribution in [0.5, 0.6) is 0 Å². The van der Waals surface area contributed by atoms with Gasteiger partial charge in [-0.25, -0.2) is 0 Å². The van der Waals surface area contributed by atoms with Gasteiger partial charge in [-0.2, -0.15) is 0 Å². The fourth-order valence-electron chi connectivity index (χ4n) is 5.57. The highest BCUT2D eigenvalue weighted by molar-refractivity contribution is 6.30. The summed E-state index contributed by atoms with van der Waals surface area (Å²) in [5.41, 5.74) is 2.55. The number of nitrogens with zero attached hydrogens (tertiary/aromatic N) is 3. The molecule has 3 aromatic carbocycles. The summed E-state index contributed by atoms with van der Waals surface area (Å²) in [5, 5.41) is 2.79. The summed E-state index contributed by atoms with van der Waals surface area (Å²) in [6, 6.07) is 23.2. The van der Waals surface area contributed by atoms with E-state index in [9.17, 15) is 9.59 Å². The predicted octanol–water partition coefficient (Wildman–Crippen LogP) is 5.02. The lowest BCUT2D eigenvalue weighted by molar-refractivity contribution is -0.136. The number of carbonyl (C=O) groups excluding carboxylic acids is 2. The Morgan fingerprint density at radius 3 is 2.65 bits per heavy atom. The van der Waals surface area contributed by atoms with E-state index in [0.717, 1.165) is 27.5 Å². The summed E-state index contributed by atoms with van der Waals surface area (Å²) in [4.78, 5) is 35.1. The van der Waals surface area contributed by atoms with Crippen molar-refractivity contribution in [1.29, 1.82) is 0 Å². The standard InChI is InChI=1S/C28H22ClN3O2/c29-22-11-9-21(10-12-22)28-25-7-2-1-6-24(25)27(34)32(28)17-16-31(28)26(33)13-8-19-4-3-5-20-18-30-15-14-23(19)20/h1-7,9-12,14-15,18H,8,13,16-17H2. The van der Waals surface area contributed by atoms with Crippen LogP contribution in [0.1, 0.15) is 33.5 Å². The molecule has 1 aromatic heterocycles. The van der Waals surface area contributed by atoms with Crippen molar-refractivity contribution in [2.24, 2.45) is 0 Å². The third kappa shape index (κ3) is 2.97. The van der Waals surface area contributed by atoms with Gasteiger partial charge in [-0.3, -0.25) is 14.6 Å². The molecule has 1 unspecified atom stereocenters. The Morgan fingerprint density at radius 1 is 0.971 bits per heavy atom. The van der Waals surface area contributed by atoms with Gasteiger partial charge in [0.15, 0.2) is 5.66 Å². The number of hydrogen-bond acceptors (Lipinski definition) is 3. The lowest BCUT2D eigenvalue weighted by atomic mass is 9.89. The van der Waals surface area contributed by atoms with E-state index in [2.05, 4.69) is 11.1 Å². The molecular weight excluding hydrogens is 446 g/mol. The van der Waals surface area contributed by atoms with Gasteiger partial charge in [0, 0.05) is 59.0 Å². The second kappa shape index (κ2) is 7.96. The zero-order chi connectivity index (χ0) is 23.3. The van der Waals surface area contributed by atoms with Gasteiger partial charge in [0.25, 0.3) is 5.91 Å². The molecule has 3 heterocycles. The molecule has 2 aliphatic rings. The lowest BCUT2D eigenvalue weighted by Gasteiger charge is -2.40. The van der Waals surface area contributed by atoms with Crippen molar-refractivity contribution in [1.82, 2.24) is 14.8 Å². The number of rotatable bonds is 4. The van der Waals surface area contributed by atoms with Crippen molar-refractivity contribution in [3.63, 3.8) is 0 Å². The molecule has 0 radical (unpaired) electrons. The maximum absolute atomic E-state index is 13.8. The second-order valence-corrected chi connectivity index (χ2v) is 9.18. The zero-order valence-corrected chi connectivity index (χ0v) is 19.2. The van der Waals surface area contributed by atoms with Crippen LogP contribution in [0.25, 0.3) is 10.8 Å². The minimum atomic E-state index is -0.946. The predicted molar refractivity (Wildman–Crippen MR) is 131 cm³/mol. The highest BCUT2D eigenvalue weighted by Gasteiger charge is 2.59. The number of benzene rings is 3. The van der Waals surface area contributed by atoms with Crippen LogP contribution in [0.3, 0.4) is 0 Å². The van der Waals surface area contributed by atoms with Crippen LogP contribution in [0, 0.1) is 0 Å². The van der Waals surface area contributed by atoms with Crippen molar-refractivity contribution in [3.8, 4) is 0 Å². The monoisotopic (exact) mass is 467 g/mol. The molecule has 1 fully saturated rings. The van der Waals surface area contributed by atoms with Crippen molar-refractivity contribution >= 4 is 34.2 Å². The first-order valence-corrected chi connectivity index (χ1v) is 11.8. The Morgan fingerprint density at radius 2 is 1.79 bits per heavy atom. The van der Waals surface area contributed by atoms with Gasteiger partial charge in [-0.15, -0.1) is 0 Å². The minimum Gasteiger partial charge on any atom is -0.310 e. The lowest BCUT2D eigenvalue weighted by Crippen LogP contribution is -2.51. The van der Waals surface area contributed by atoms with Crippen molar-refractivity contribution in [3.05, 3.63) is 112 Å². The number of hydrogen-bond donors (Lipinski definition) is 0. The summed E-state index contributed by atoms with van der Waals surface area (Å²) in [6.45, 7) is 0.975. The van der Waals surface area contributed by atoms with Gasteiger partial charge in [-0.05, 0) is 41.6 Å². The van der Waals surface area contributed by atoms with E-state index in [1.54, 1.807) is 6.20 Å². The van der Waals surface area contributed by atoms with Crippen LogP contribution < -0.4 is 0 Å². The van der Waals surface area contributed by atoms with E-state index in [-0.39, 0.29) is 11.8 Å². The summed E-state index contributed by atoms with van der Waals surface area (Å²) in [6.07, 6.45) is 4.59. The van der Waals surface area contributed by atoms with Gasteiger partial charge in [0.05, 0.1) is 0 Å². The van der Waals surface area contributed by atoms with Crippen LogP contribution in [-0.4, -0.2) is 39.7 Å². The highest BCUT2D eigenvalue weighted by atomic mass is 35.5. The number of aryl methyl sites for hydroxylation is 1. The van der Waals surface area contributed by atoms with E-state index in [0.29, 0.717) is 36.5 Å². The molecule has 34 heavy (non-hydrogen) atoms. The topological polar surface area (TPSA) is 53.5 Å². The Kier molecular flexibility index (Phi) is 4.89. The number of halogens is 1. The van der Waals surface area contributed by atoms with E-state index in [1.807, 2.05) is 82.7 Å². The summed E-state index contributed by atoms with van der Waals surface area (Å²) >= 11 is 6.19. The Hall–Kier alpha value is -3.70. The zero-order valence-electron chi connectivity index (χ0n) is 18.4. The first-order chi connectivity index (χ1) is 16.6. The fourth-order valence-corrected chi connectivity index (χ4v) is 5.69. The maximum atomic E-state index is 13.8. The molecule has 5 nitrogen and oxygen atoms in total. The second-order valence-electron chi connectivity index (χ2n) is 8.74. The van der Waals surface area contributed by atoms with Crippen molar-refractivity contribution in [2.45, 2.75) is 18.5 Å². The van der Waals surface area contributed by atoms with Crippen molar-refractivity contribution in [2.75, 3.05) is 13.1 Å². The van der Waals surface area contributed by atoms with Crippen LogP contribution >= 0.6 is 11.6 Å². The average Bonchev–Trinajstić information content (AvgIpc) is 3.38. The van der Waals surface area contributed by atoms with E-state index < -0.39 is 5.66 Å². The molecule has 0 bridgehead atoms. The SMILES string of the molecule is O=C(CCc1cccc2cnccc12)N1CCN2C(=O)c3ccccc3C12c1ccc(Cl)cc1. The molecule has 168 valence electrons. The van der Waals surface area contributed by atoms with Gasteiger partial charge in [-0.1, -0.05) is 60.1 Å². The largest absolute Gasteiger partial charge is 0.310 e. The van der Waals surface area contributed by atoms with Gasteiger partial charge < -0.3 is 9.80 Å². The number of carbonyl (C=O) groups is 2. The highest BCUT2D eigenvalue weighted by Crippen LogP contribution is 2.50. The maximum Gasteiger partial charge on any atom is 0.256 e. The molecule has 0 spiro atoms. The van der Waals surface area contributed by atoms with E-state index in [4.69, 9.17) is 11.6 Å². The summed E-state index contributed by atoms with van der Waals surface area (Å²) in [7, 11) is 0. The number of fused-ring (bicyclic) bond motifs is 4. The van der Waals surface area contributed by atoms with E-state index >= 15 is 0 Å². The summed E-state index contributed by atoms with van der Waals surface area (Å²) in [5.74, 6) is -0.0181. The molecule has 0 saturated carbocycles. The smallest absolute Gasteiger partial charge is 0.256 e. The fraction of sp³-hybridized carbons (Fsp3) is 0.179. The van der Waals surface area contributed by atoms with Gasteiger partial charge >= 0.3 is 0 Å². The van der Waals surface area contributed by atoms with Crippen LogP contribution in [0.4, 0.5) is 0 Å². The van der Waals surface area contributed by atoms with Crippen LogP contribution in [0.15, 0.2) is 85.2 Å². The Bertz CT molecular complexity index is 1430. The van der Waals surface area contributed by atoms with Crippen LogP contribution in [-0.2, 0) is 16.9 Å². The Labute approximate surface area is 202 Å². The average molecular weight is 468 g/mol. The molecule has 0 N–H and O–H groups in total. The normalized spacial score (nSPS) is 18.9. The Balaban J connectivity index is 1.40. The van der Waals surface area contributed by atoms with Gasteiger partial charge in [0.1, 0.15) is 0 Å². The molecule has 2 aliphatic heterocycles. The van der Waals surface area contributed by atoms with E-state index in [1.165, 1.54) is 0 Å². The summed E-state index contributed by atoms with van der Waals surface area (Å²) < 4.78 is 0. The number of aromatic nitrogens is 1. The number of pyridine rings is 1. The molecule has 1 atom stereocenters. The first kappa shape index (κ1) is 20.9. The van der Waals surface area contributed by atoms with Crippen LogP contribution in [0.2, 0.25) is 5.02 Å². The molecule has 6 rings (SSSR count). The van der Waals surface area contributed by atoms with Crippen molar-refractivity contribution < 1.29 is 9.59 Å². The first-order valence-electron chi connectivity index (χ1n) is 11.4. The molecule has 2 amide bonds. The molecular formula is C28H22ClN3O2. The minimum absolute atomic E-state index is 0.0213. The molecule has 1 saturated heterocycles. The number of amides is 2.